The molecule has 0 aliphatic carbocycles. The number of benzene rings is 2. The van der Waals surface area contributed by atoms with Crippen molar-refractivity contribution in [3.05, 3.63) is 76.8 Å². The van der Waals surface area contributed by atoms with Gasteiger partial charge in [0.1, 0.15) is 23.9 Å². The summed E-state index contributed by atoms with van der Waals surface area (Å²) in [5.41, 5.74) is 0.880. The van der Waals surface area contributed by atoms with Crippen molar-refractivity contribution in [2.75, 3.05) is 20.3 Å². The van der Waals surface area contributed by atoms with E-state index in [1.54, 1.807) is 42.5 Å². The molecule has 162 valence electrons. The zero-order valence-electron chi connectivity index (χ0n) is 17.4. The highest BCUT2D eigenvalue weighted by atomic mass is 35.5. The lowest BCUT2D eigenvalue weighted by atomic mass is 9.94. The molecule has 0 radical (unpaired) electrons. The molecule has 0 aromatic heterocycles. The van der Waals surface area contributed by atoms with Gasteiger partial charge in [-0.15, -0.1) is 0 Å². The number of halogens is 1. The molecular weight excluding hydrogens is 418 g/mol. The Morgan fingerprint density at radius 1 is 1.26 bits per heavy atom. The number of hydrogen-bond donors (Lipinski definition) is 1. The van der Waals surface area contributed by atoms with E-state index in [0.29, 0.717) is 41.7 Å². The zero-order chi connectivity index (χ0) is 22.5. The Morgan fingerprint density at radius 2 is 2.03 bits per heavy atom. The van der Waals surface area contributed by atoms with Crippen LogP contribution in [-0.4, -0.2) is 42.0 Å². The second-order valence-corrected chi connectivity index (χ2v) is 7.45. The molecule has 31 heavy (non-hydrogen) atoms. The first-order chi connectivity index (χ1) is 14.9. The molecule has 0 saturated carbocycles. The molecule has 7 heteroatoms. The minimum Gasteiger partial charge on any atom is -0.507 e. The first-order valence-electron chi connectivity index (χ1n) is 9.88. The van der Waals surface area contributed by atoms with E-state index in [4.69, 9.17) is 21.1 Å². The number of nitrogens with zero attached hydrogens (tertiary/aromatic N) is 1. The smallest absolute Gasteiger partial charge is 0.295 e. The second kappa shape index (κ2) is 9.71. The van der Waals surface area contributed by atoms with Gasteiger partial charge in [0.15, 0.2) is 0 Å². The fraction of sp³-hybridized carbons (Fsp3) is 0.250. The van der Waals surface area contributed by atoms with Crippen LogP contribution in [0, 0.1) is 0 Å². The van der Waals surface area contributed by atoms with E-state index in [2.05, 4.69) is 6.58 Å². The second-order valence-electron chi connectivity index (χ2n) is 7.01. The van der Waals surface area contributed by atoms with E-state index >= 15 is 0 Å². The van der Waals surface area contributed by atoms with Gasteiger partial charge in [-0.25, -0.2) is 0 Å². The van der Waals surface area contributed by atoms with Crippen LogP contribution in [0.1, 0.15) is 30.5 Å². The quantitative estimate of drug-likeness (QED) is 0.277. The van der Waals surface area contributed by atoms with Gasteiger partial charge in [-0.05, 0) is 42.3 Å². The van der Waals surface area contributed by atoms with E-state index in [0.717, 1.165) is 0 Å². The summed E-state index contributed by atoms with van der Waals surface area (Å²) >= 11 is 6.11. The number of ether oxygens (including phenoxy) is 2. The first-order valence-corrected chi connectivity index (χ1v) is 10.3. The van der Waals surface area contributed by atoms with Gasteiger partial charge in [0.2, 0.25) is 0 Å². The molecule has 1 N–H and O–H groups in total. The third-order valence-electron chi connectivity index (χ3n) is 4.96. The molecule has 1 unspecified atom stereocenters. The van der Waals surface area contributed by atoms with Crippen LogP contribution in [0.4, 0.5) is 0 Å². The number of aliphatic hydroxyl groups is 1. The van der Waals surface area contributed by atoms with E-state index in [9.17, 15) is 14.7 Å². The molecule has 3 rings (SSSR count). The van der Waals surface area contributed by atoms with Gasteiger partial charge in [0, 0.05) is 11.6 Å². The van der Waals surface area contributed by atoms with E-state index in [1.165, 1.54) is 18.1 Å². The van der Waals surface area contributed by atoms with Crippen LogP contribution in [0.15, 0.2) is 60.7 Å². The number of ketones is 1. The van der Waals surface area contributed by atoms with Gasteiger partial charge in [-0.3, -0.25) is 9.59 Å². The minimum atomic E-state index is -0.768. The summed E-state index contributed by atoms with van der Waals surface area (Å²) in [6.07, 6.45) is 2.28. The fourth-order valence-corrected chi connectivity index (χ4v) is 3.81. The minimum absolute atomic E-state index is 0.0140. The Hall–Kier alpha value is -3.25. The van der Waals surface area contributed by atoms with Crippen LogP contribution < -0.4 is 9.47 Å². The number of amides is 1. The Bertz CT molecular complexity index is 1050. The van der Waals surface area contributed by atoms with E-state index in [1.807, 2.05) is 6.92 Å². The number of rotatable bonds is 8. The highest BCUT2D eigenvalue weighted by Gasteiger charge is 2.46. The summed E-state index contributed by atoms with van der Waals surface area (Å²) < 4.78 is 10.9. The summed E-state index contributed by atoms with van der Waals surface area (Å²) in [7, 11) is 1.45. The molecule has 1 aliphatic heterocycles. The molecule has 1 atom stereocenters. The summed E-state index contributed by atoms with van der Waals surface area (Å²) in [5.74, 6) is -0.842. The van der Waals surface area contributed by atoms with Crippen molar-refractivity contribution in [1.29, 1.82) is 0 Å². The normalized spacial score (nSPS) is 17.6. The van der Waals surface area contributed by atoms with Crippen molar-refractivity contribution in [2.24, 2.45) is 0 Å². The van der Waals surface area contributed by atoms with Crippen LogP contribution in [0.2, 0.25) is 5.02 Å². The molecule has 1 heterocycles. The summed E-state index contributed by atoms with van der Waals surface area (Å²) in [6.45, 7) is 6.23. The maximum Gasteiger partial charge on any atom is 0.295 e. The maximum absolute atomic E-state index is 13.0. The first kappa shape index (κ1) is 22.4. The summed E-state index contributed by atoms with van der Waals surface area (Å²) in [5, 5.41) is 11.5. The average molecular weight is 442 g/mol. The van der Waals surface area contributed by atoms with Gasteiger partial charge in [-0.2, -0.15) is 0 Å². The maximum atomic E-state index is 13.0. The van der Waals surface area contributed by atoms with Crippen LogP contribution >= 0.6 is 11.6 Å². The molecule has 6 nitrogen and oxygen atoms in total. The summed E-state index contributed by atoms with van der Waals surface area (Å²) in [4.78, 5) is 27.3. The largest absolute Gasteiger partial charge is 0.507 e. The van der Waals surface area contributed by atoms with Crippen molar-refractivity contribution in [1.82, 2.24) is 4.90 Å². The SMILES string of the molecule is C=CCOc1cccc(C2/C(=C(\O)c3cc(Cl)ccc3OC)C(=O)C(=O)N2CCC)c1. The predicted molar refractivity (Wildman–Crippen MR) is 119 cm³/mol. The third kappa shape index (κ3) is 4.44. The van der Waals surface area contributed by atoms with Gasteiger partial charge >= 0.3 is 0 Å². The molecule has 2 aromatic carbocycles. The molecule has 0 spiro atoms. The molecule has 1 amide bonds. The van der Waals surface area contributed by atoms with Crippen molar-refractivity contribution in [3.63, 3.8) is 0 Å². The monoisotopic (exact) mass is 441 g/mol. The Kier molecular flexibility index (Phi) is 7.02. The van der Waals surface area contributed by atoms with Gasteiger partial charge in [0.25, 0.3) is 11.7 Å². The molecular formula is C24H24ClNO5. The standard InChI is InChI=1S/C24H24ClNO5/c1-4-11-26-21(15-7-6-8-17(13-15)31-12-5-2)20(23(28)24(26)29)22(27)18-14-16(25)9-10-19(18)30-3/h5-10,13-14,21,27H,2,4,11-12H2,1,3H3/b22-20+. The molecule has 1 saturated heterocycles. The number of carbonyl (C=O) groups is 2. The van der Waals surface area contributed by atoms with Crippen LogP contribution in [0.25, 0.3) is 5.76 Å². The lowest BCUT2D eigenvalue weighted by Crippen LogP contribution is -2.30. The Morgan fingerprint density at radius 3 is 2.71 bits per heavy atom. The lowest BCUT2D eigenvalue weighted by molar-refractivity contribution is -0.139. The molecule has 0 bridgehead atoms. The van der Waals surface area contributed by atoms with Crippen LogP contribution in [0.5, 0.6) is 11.5 Å². The van der Waals surface area contributed by atoms with Crippen LogP contribution in [0.3, 0.4) is 0 Å². The average Bonchev–Trinajstić information content (AvgIpc) is 3.02. The number of carbonyl (C=O) groups excluding carboxylic acids is 2. The number of Topliss-reactive ketones (excluding diaryl/α,β-unsaturated/α-hetero) is 1. The molecule has 1 fully saturated rings. The highest BCUT2D eigenvalue weighted by molar-refractivity contribution is 6.46. The topological polar surface area (TPSA) is 76.1 Å². The van der Waals surface area contributed by atoms with Gasteiger partial charge < -0.3 is 19.5 Å². The third-order valence-corrected chi connectivity index (χ3v) is 5.20. The highest BCUT2D eigenvalue weighted by Crippen LogP contribution is 2.42. The van der Waals surface area contributed by atoms with Crippen molar-refractivity contribution in [2.45, 2.75) is 19.4 Å². The number of likely N-dealkylation sites (tertiary alicyclic amines) is 1. The summed E-state index contributed by atoms with van der Waals surface area (Å²) in [6, 6.07) is 11.1. The lowest BCUT2D eigenvalue weighted by Gasteiger charge is -2.25. The van der Waals surface area contributed by atoms with E-state index < -0.39 is 17.7 Å². The molecule has 2 aromatic rings. The fourth-order valence-electron chi connectivity index (χ4n) is 3.64. The number of methoxy groups -OCH3 is 1. The van der Waals surface area contributed by atoms with Gasteiger partial charge in [-0.1, -0.05) is 43.3 Å². The van der Waals surface area contributed by atoms with Crippen LogP contribution in [-0.2, 0) is 9.59 Å². The van der Waals surface area contributed by atoms with Crippen molar-refractivity contribution < 1.29 is 24.2 Å². The molecule has 1 aliphatic rings. The van der Waals surface area contributed by atoms with Crippen molar-refractivity contribution in [3.8, 4) is 11.5 Å². The Balaban J connectivity index is 2.21. The van der Waals surface area contributed by atoms with Crippen molar-refractivity contribution >= 4 is 29.1 Å². The van der Waals surface area contributed by atoms with Gasteiger partial charge in [0.05, 0.1) is 24.3 Å². The number of hydrogen-bond acceptors (Lipinski definition) is 5. The predicted octanol–water partition coefficient (Wildman–Crippen LogP) is 4.75. The Labute approximate surface area is 186 Å². The van der Waals surface area contributed by atoms with E-state index in [-0.39, 0.29) is 16.9 Å². The zero-order valence-corrected chi connectivity index (χ0v) is 18.2. The number of aliphatic hydroxyl groups excluding tert-OH is 1.